The molecule has 27 heavy (non-hydrogen) atoms. The van der Waals surface area contributed by atoms with E-state index < -0.39 is 0 Å². The highest BCUT2D eigenvalue weighted by atomic mass is 79.9. The van der Waals surface area contributed by atoms with Crippen molar-refractivity contribution in [3.05, 3.63) is 57.0 Å². The van der Waals surface area contributed by atoms with Crippen molar-refractivity contribution >= 4 is 60.1 Å². The van der Waals surface area contributed by atoms with Crippen molar-refractivity contribution in [2.45, 2.75) is 25.9 Å². The van der Waals surface area contributed by atoms with Crippen LogP contribution in [0.15, 0.2) is 40.9 Å². The molecule has 4 rings (SSSR count). The smallest absolute Gasteiger partial charge is 0.260 e. The Morgan fingerprint density at radius 1 is 1.37 bits per heavy atom. The third kappa shape index (κ3) is 4.04. The number of rotatable bonds is 4. The zero-order valence-electron chi connectivity index (χ0n) is 14.7. The summed E-state index contributed by atoms with van der Waals surface area (Å²) in [7, 11) is 0. The largest absolute Gasteiger partial charge is 0.376 e. The Morgan fingerprint density at radius 2 is 2.15 bits per heavy atom. The van der Waals surface area contributed by atoms with E-state index >= 15 is 0 Å². The highest BCUT2D eigenvalue weighted by Crippen LogP contribution is 2.34. The van der Waals surface area contributed by atoms with Crippen LogP contribution >= 0.6 is 38.9 Å². The first kappa shape index (κ1) is 18.9. The molecule has 0 aliphatic carbocycles. The summed E-state index contributed by atoms with van der Waals surface area (Å²) in [6.07, 6.45) is 2.03. The zero-order valence-corrected chi connectivity index (χ0v) is 17.9. The second-order valence-corrected chi connectivity index (χ2v) is 8.98. The number of hydrogen-bond donors (Lipinski definition) is 0. The van der Waals surface area contributed by atoms with Crippen molar-refractivity contribution in [1.82, 2.24) is 4.98 Å². The normalized spacial score (nSPS) is 16.8. The molecule has 1 aliphatic heterocycles. The van der Waals surface area contributed by atoms with E-state index in [0.717, 1.165) is 39.7 Å². The first-order chi connectivity index (χ1) is 13.0. The van der Waals surface area contributed by atoms with E-state index in [1.165, 1.54) is 11.3 Å². The number of halogens is 2. The molecule has 1 aliphatic rings. The molecular formula is C20H18BrClN2O2S. The lowest BCUT2D eigenvalue weighted by Gasteiger charge is -2.23. The summed E-state index contributed by atoms with van der Waals surface area (Å²) in [5, 5.41) is 1.36. The molecular weight excluding hydrogens is 448 g/mol. The van der Waals surface area contributed by atoms with Crippen molar-refractivity contribution < 1.29 is 9.53 Å². The number of fused-ring (bicyclic) bond motifs is 1. The van der Waals surface area contributed by atoms with Crippen molar-refractivity contribution in [3.8, 4) is 0 Å². The number of anilines is 1. The van der Waals surface area contributed by atoms with Gasteiger partial charge in [0.2, 0.25) is 0 Å². The first-order valence-corrected chi connectivity index (χ1v) is 10.8. The van der Waals surface area contributed by atoms with Gasteiger partial charge in [-0.3, -0.25) is 9.69 Å². The van der Waals surface area contributed by atoms with E-state index in [2.05, 4.69) is 15.9 Å². The maximum Gasteiger partial charge on any atom is 0.260 e. The monoisotopic (exact) mass is 464 g/mol. The molecule has 2 aromatic carbocycles. The van der Waals surface area contributed by atoms with Gasteiger partial charge in [0.1, 0.15) is 0 Å². The van der Waals surface area contributed by atoms with Crippen LogP contribution in [-0.2, 0) is 4.74 Å². The Kier molecular flexibility index (Phi) is 5.50. The minimum absolute atomic E-state index is 0.0427. The number of amides is 1. The van der Waals surface area contributed by atoms with Gasteiger partial charge in [0.05, 0.1) is 22.9 Å². The lowest BCUT2D eigenvalue weighted by Crippen LogP contribution is -2.37. The van der Waals surface area contributed by atoms with E-state index in [1.807, 2.05) is 43.3 Å². The number of aromatic nitrogens is 1. The van der Waals surface area contributed by atoms with Gasteiger partial charge in [-0.15, -0.1) is 0 Å². The van der Waals surface area contributed by atoms with Crippen molar-refractivity contribution in [3.63, 3.8) is 0 Å². The summed E-state index contributed by atoms with van der Waals surface area (Å²) < 4.78 is 7.70. The molecule has 1 saturated heterocycles. The van der Waals surface area contributed by atoms with Crippen LogP contribution in [0.4, 0.5) is 5.13 Å². The van der Waals surface area contributed by atoms with Crippen LogP contribution in [0.5, 0.6) is 0 Å². The molecule has 1 atom stereocenters. The topological polar surface area (TPSA) is 42.4 Å². The molecule has 7 heteroatoms. The summed E-state index contributed by atoms with van der Waals surface area (Å²) in [5.74, 6) is -0.0687. The molecule has 3 aromatic rings. The Morgan fingerprint density at radius 3 is 2.85 bits per heavy atom. The molecule has 140 valence electrons. The number of carbonyl (C=O) groups is 1. The van der Waals surface area contributed by atoms with Gasteiger partial charge in [-0.05, 0) is 61.7 Å². The fourth-order valence-corrected chi connectivity index (χ4v) is 4.94. The molecule has 4 nitrogen and oxygen atoms in total. The minimum Gasteiger partial charge on any atom is -0.376 e. The predicted molar refractivity (Wildman–Crippen MR) is 114 cm³/mol. The predicted octanol–water partition coefficient (Wildman–Crippen LogP) is 5.85. The summed E-state index contributed by atoms with van der Waals surface area (Å²) in [4.78, 5) is 19.8. The van der Waals surface area contributed by atoms with Gasteiger partial charge >= 0.3 is 0 Å². The second-order valence-electron chi connectivity index (χ2n) is 6.62. The van der Waals surface area contributed by atoms with Crippen LogP contribution in [0.2, 0.25) is 5.02 Å². The van der Waals surface area contributed by atoms with E-state index in [4.69, 9.17) is 21.3 Å². The van der Waals surface area contributed by atoms with Gasteiger partial charge in [-0.1, -0.05) is 38.9 Å². The highest BCUT2D eigenvalue weighted by molar-refractivity contribution is 9.10. The maximum absolute atomic E-state index is 13.3. The van der Waals surface area contributed by atoms with Crippen LogP contribution in [0.1, 0.15) is 28.8 Å². The Labute approximate surface area is 175 Å². The van der Waals surface area contributed by atoms with Gasteiger partial charge in [0.25, 0.3) is 5.91 Å². The third-order valence-electron chi connectivity index (χ3n) is 4.62. The van der Waals surface area contributed by atoms with E-state index in [9.17, 15) is 4.79 Å². The molecule has 1 unspecified atom stereocenters. The third-order valence-corrected chi connectivity index (χ3v) is 6.39. The number of benzene rings is 2. The number of thiazole rings is 1. The van der Waals surface area contributed by atoms with Crippen LogP contribution in [-0.4, -0.2) is 30.1 Å². The lowest BCUT2D eigenvalue weighted by atomic mass is 10.2. The van der Waals surface area contributed by atoms with Crippen LogP contribution < -0.4 is 4.90 Å². The van der Waals surface area contributed by atoms with Gasteiger partial charge in [0, 0.05) is 21.7 Å². The van der Waals surface area contributed by atoms with E-state index in [0.29, 0.717) is 22.3 Å². The molecule has 0 N–H and O–H groups in total. The van der Waals surface area contributed by atoms with Gasteiger partial charge in [-0.25, -0.2) is 4.98 Å². The lowest BCUT2D eigenvalue weighted by molar-refractivity contribution is 0.0917. The standard InChI is InChI=1S/C20H18BrClN2O2S/c1-12-9-15(22)10-17-18(12)23-20(27-17)24(11-16-3-2-8-26-16)19(25)13-4-6-14(21)7-5-13/h4-7,9-10,16H,2-3,8,11H2,1H3. The molecule has 1 fully saturated rings. The SMILES string of the molecule is Cc1cc(Cl)cc2sc(N(CC3CCCO3)C(=O)c3ccc(Br)cc3)nc12. The molecule has 0 saturated carbocycles. The second kappa shape index (κ2) is 7.87. The van der Waals surface area contributed by atoms with Crippen LogP contribution in [0, 0.1) is 6.92 Å². The fourth-order valence-electron chi connectivity index (χ4n) is 3.25. The highest BCUT2D eigenvalue weighted by Gasteiger charge is 2.27. The Bertz CT molecular complexity index is 984. The number of aryl methyl sites for hydroxylation is 1. The van der Waals surface area contributed by atoms with Crippen LogP contribution in [0.25, 0.3) is 10.2 Å². The van der Waals surface area contributed by atoms with Gasteiger partial charge in [-0.2, -0.15) is 0 Å². The van der Waals surface area contributed by atoms with Crippen molar-refractivity contribution in [1.29, 1.82) is 0 Å². The van der Waals surface area contributed by atoms with Gasteiger partial charge in [0.15, 0.2) is 5.13 Å². The number of ether oxygens (including phenoxy) is 1. The maximum atomic E-state index is 13.3. The summed E-state index contributed by atoms with van der Waals surface area (Å²) >= 11 is 11.1. The summed E-state index contributed by atoms with van der Waals surface area (Å²) in [5.41, 5.74) is 2.53. The number of hydrogen-bond acceptors (Lipinski definition) is 4. The number of carbonyl (C=O) groups excluding carboxylic acids is 1. The van der Waals surface area contributed by atoms with E-state index in [1.54, 1.807) is 4.90 Å². The number of nitrogens with zero attached hydrogens (tertiary/aromatic N) is 2. The molecule has 1 amide bonds. The average molecular weight is 466 g/mol. The molecule has 0 spiro atoms. The Hall–Kier alpha value is -1.47. The average Bonchev–Trinajstić information content (AvgIpc) is 3.29. The molecule has 0 bridgehead atoms. The molecule has 2 heterocycles. The zero-order chi connectivity index (χ0) is 19.0. The van der Waals surface area contributed by atoms with Gasteiger partial charge < -0.3 is 4.74 Å². The summed E-state index contributed by atoms with van der Waals surface area (Å²) in [6.45, 7) is 3.24. The van der Waals surface area contributed by atoms with Crippen molar-refractivity contribution in [2.75, 3.05) is 18.1 Å². The Balaban J connectivity index is 1.74. The van der Waals surface area contributed by atoms with Crippen LogP contribution in [0.3, 0.4) is 0 Å². The molecule has 1 aromatic heterocycles. The quantitative estimate of drug-likeness (QED) is 0.485. The first-order valence-electron chi connectivity index (χ1n) is 8.77. The van der Waals surface area contributed by atoms with E-state index in [-0.39, 0.29) is 12.0 Å². The minimum atomic E-state index is -0.0687. The fraction of sp³-hybridized carbons (Fsp3) is 0.300. The van der Waals surface area contributed by atoms with Crippen molar-refractivity contribution in [2.24, 2.45) is 0 Å². The summed E-state index contributed by atoms with van der Waals surface area (Å²) in [6, 6.07) is 11.2. The molecule has 0 radical (unpaired) electrons.